The molecular weight excluding hydrogens is 375 g/mol. The average molecular weight is 397 g/mol. The van der Waals surface area contributed by atoms with Gasteiger partial charge in [0, 0.05) is 24.5 Å². The smallest absolute Gasteiger partial charge is 0.302 e. The van der Waals surface area contributed by atoms with Crippen LogP contribution in [0.5, 0.6) is 0 Å². The second kappa shape index (κ2) is 8.39. The SMILES string of the molecule is CC(=O)Nc1ncc(CN2CCC(Cc3ccc(C(F)(F)F)cc3)CC2)s1. The molecule has 4 nitrogen and oxygen atoms in total. The van der Waals surface area contributed by atoms with Crippen LogP contribution in [0.15, 0.2) is 30.5 Å². The Bertz CT molecular complexity index is 765. The number of likely N-dealkylation sites (tertiary alicyclic amines) is 1. The molecule has 1 N–H and O–H groups in total. The molecule has 27 heavy (non-hydrogen) atoms. The molecule has 146 valence electrons. The molecule has 0 spiro atoms. The summed E-state index contributed by atoms with van der Waals surface area (Å²) in [4.78, 5) is 18.7. The summed E-state index contributed by atoms with van der Waals surface area (Å²) in [6.45, 7) is 4.18. The molecule has 0 radical (unpaired) electrons. The second-order valence-corrected chi connectivity index (χ2v) is 8.05. The number of piperidine rings is 1. The van der Waals surface area contributed by atoms with Gasteiger partial charge in [-0.25, -0.2) is 4.98 Å². The monoisotopic (exact) mass is 397 g/mol. The molecule has 0 unspecified atom stereocenters. The van der Waals surface area contributed by atoms with Gasteiger partial charge in [-0.3, -0.25) is 9.69 Å². The molecule has 0 aliphatic carbocycles. The second-order valence-electron chi connectivity index (χ2n) is 6.93. The zero-order chi connectivity index (χ0) is 19.4. The minimum Gasteiger partial charge on any atom is -0.302 e. The summed E-state index contributed by atoms with van der Waals surface area (Å²) in [7, 11) is 0. The van der Waals surface area contributed by atoms with Gasteiger partial charge in [0.2, 0.25) is 5.91 Å². The summed E-state index contributed by atoms with van der Waals surface area (Å²) in [5.74, 6) is 0.370. The van der Waals surface area contributed by atoms with E-state index in [2.05, 4.69) is 15.2 Å². The maximum absolute atomic E-state index is 12.6. The van der Waals surface area contributed by atoms with Crippen molar-refractivity contribution in [1.29, 1.82) is 0 Å². The fourth-order valence-corrected chi connectivity index (χ4v) is 4.22. The van der Waals surface area contributed by atoms with Gasteiger partial charge in [-0.05, 0) is 56.0 Å². The number of halogens is 3. The van der Waals surface area contributed by atoms with Crippen molar-refractivity contribution in [3.63, 3.8) is 0 Å². The molecule has 1 aromatic carbocycles. The van der Waals surface area contributed by atoms with Crippen molar-refractivity contribution < 1.29 is 18.0 Å². The van der Waals surface area contributed by atoms with E-state index in [9.17, 15) is 18.0 Å². The number of aromatic nitrogens is 1. The highest BCUT2D eigenvalue weighted by molar-refractivity contribution is 7.15. The molecule has 2 aromatic rings. The van der Waals surface area contributed by atoms with Gasteiger partial charge in [-0.1, -0.05) is 12.1 Å². The maximum atomic E-state index is 12.6. The summed E-state index contributed by atoms with van der Waals surface area (Å²) in [6.07, 6.45) is 0.389. The standard InChI is InChI=1S/C19H22F3N3OS/c1-13(26)24-18-23-11-17(27-18)12-25-8-6-15(7-9-25)10-14-2-4-16(5-3-14)19(20,21)22/h2-5,11,15H,6-10,12H2,1H3,(H,23,24,26). The van der Waals surface area contributed by atoms with Gasteiger partial charge in [-0.15, -0.1) is 11.3 Å². The highest BCUT2D eigenvalue weighted by atomic mass is 32.1. The molecule has 0 atom stereocenters. The predicted octanol–water partition coefficient (Wildman–Crippen LogP) is 4.58. The first kappa shape index (κ1) is 19.8. The number of alkyl halides is 3. The molecule has 3 rings (SSSR count). The largest absolute Gasteiger partial charge is 0.416 e. The van der Waals surface area contributed by atoms with E-state index in [-0.39, 0.29) is 5.91 Å². The Balaban J connectivity index is 1.46. The van der Waals surface area contributed by atoms with E-state index in [0.717, 1.165) is 49.3 Å². The maximum Gasteiger partial charge on any atom is 0.416 e. The van der Waals surface area contributed by atoms with Crippen LogP contribution in [0.2, 0.25) is 0 Å². The van der Waals surface area contributed by atoms with Crippen molar-refractivity contribution >= 4 is 22.4 Å². The first-order valence-corrected chi connectivity index (χ1v) is 9.72. The van der Waals surface area contributed by atoms with E-state index in [0.29, 0.717) is 11.0 Å². The van der Waals surface area contributed by atoms with Crippen LogP contribution < -0.4 is 5.32 Å². The lowest BCUT2D eigenvalue weighted by Crippen LogP contribution is -2.33. The summed E-state index contributed by atoms with van der Waals surface area (Å²) < 4.78 is 37.9. The number of hydrogen-bond donors (Lipinski definition) is 1. The van der Waals surface area contributed by atoms with Crippen LogP contribution in [-0.4, -0.2) is 28.9 Å². The molecule has 1 amide bonds. The van der Waals surface area contributed by atoms with Crippen LogP contribution in [-0.2, 0) is 23.9 Å². The summed E-state index contributed by atoms with van der Waals surface area (Å²) in [6, 6.07) is 5.52. The average Bonchev–Trinajstić information content (AvgIpc) is 3.02. The lowest BCUT2D eigenvalue weighted by atomic mass is 9.90. The Morgan fingerprint density at radius 3 is 2.52 bits per heavy atom. The van der Waals surface area contributed by atoms with E-state index < -0.39 is 11.7 Å². The van der Waals surface area contributed by atoms with Crippen molar-refractivity contribution in [3.8, 4) is 0 Å². The Morgan fingerprint density at radius 2 is 1.93 bits per heavy atom. The van der Waals surface area contributed by atoms with Gasteiger partial charge in [-0.2, -0.15) is 13.2 Å². The zero-order valence-electron chi connectivity index (χ0n) is 15.1. The Hall–Kier alpha value is -1.93. The van der Waals surface area contributed by atoms with Crippen molar-refractivity contribution in [2.45, 2.75) is 38.9 Å². The predicted molar refractivity (Wildman–Crippen MR) is 99.6 cm³/mol. The van der Waals surface area contributed by atoms with Crippen LogP contribution in [0.4, 0.5) is 18.3 Å². The lowest BCUT2D eigenvalue weighted by molar-refractivity contribution is -0.137. The number of benzene rings is 1. The lowest BCUT2D eigenvalue weighted by Gasteiger charge is -2.31. The highest BCUT2D eigenvalue weighted by Gasteiger charge is 2.30. The molecule has 0 bridgehead atoms. The first-order chi connectivity index (χ1) is 12.8. The number of anilines is 1. The molecular formula is C19H22F3N3OS. The van der Waals surface area contributed by atoms with E-state index in [4.69, 9.17) is 0 Å². The Morgan fingerprint density at radius 1 is 1.26 bits per heavy atom. The molecule has 0 saturated carbocycles. The van der Waals surface area contributed by atoms with Crippen molar-refractivity contribution in [1.82, 2.24) is 9.88 Å². The summed E-state index contributed by atoms with van der Waals surface area (Å²) in [5.41, 5.74) is 0.369. The highest BCUT2D eigenvalue weighted by Crippen LogP contribution is 2.30. The number of amides is 1. The number of nitrogens with one attached hydrogen (secondary N) is 1. The molecule has 1 aliphatic rings. The number of thiazole rings is 1. The van der Waals surface area contributed by atoms with E-state index in [1.807, 2.05) is 0 Å². The van der Waals surface area contributed by atoms with Crippen molar-refractivity contribution in [2.24, 2.45) is 5.92 Å². The fourth-order valence-electron chi connectivity index (χ4n) is 3.32. The quantitative estimate of drug-likeness (QED) is 0.804. The Kier molecular flexibility index (Phi) is 6.16. The van der Waals surface area contributed by atoms with Gasteiger partial charge in [0.05, 0.1) is 5.56 Å². The number of carbonyl (C=O) groups excluding carboxylic acids is 1. The topological polar surface area (TPSA) is 45.2 Å². The van der Waals surface area contributed by atoms with Crippen LogP contribution in [0.3, 0.4) is 0 Å². The van der Waals surface area contributed by atoms with Gasteiger partial charge in [0.25, 0.3) is 0 Å². The molecule has 1 aromatic heterocycles. The number of rotatable bonds is 5. The van der Waals surface area contributed by atoms with Crippen LogP contribution in [0, 0.1) is 5.92 Å². The Labute approximate surface area is 160 Å². The van der Waals surface area contributed by atoms with Crippen molar-refractivity contribution in [3.05, 3.63) is 46.5 Å². The van der Waals surface area contributed by atoms with Crippen LogP contribution >= 0.6 is 11.3 Å². The third-order valence-electron chi connectivity index (χ3n) is 4.73. The zero-order valence-corrected chi connectivity index (χ0v) is 15.9. The van der Waals surface area contributed by atoms with Crippen molar-refractivity contribution in [2.75, 3.05) is 18.4 Å². The minimum absolute atomic E-state index is 0.125. The van der Waals surface area contributed by atoms with E-state index >= 15 is 0 Å². The molecule has 1 fully saturated rings. The van der Waals surface area contributed by atoms with E-state index in [1.165, 1.54) is 30.4 Å². The number of nitrogens with zero attached hydrogens (tertiary/aromatic N) is 2. The minimum atomic E-state index is -4.28. The van der Waals surface area contributed by atoms with Crippen LogP contribution in [0.1, 0.15) is 35.8 Å². The molecule has 1 saturated heterocycles. The van der Waals surface area contributed by atoms with Gasteiger partial charge in [0.15, 0.2) is 5.13 Å². The summed E-state index contributed by atoms with van der Waals surface area (Å²) in [5, 5.41) is 3.31. The fraction of sp³-hybridized carbons (Fsp3) is 0.474. The number of hydrogen-bond acceptors (Lipinski definition) is 4. The third kappa shape index (κ3) is 5.77. The molecule has 8 heteroatoms. The van der Waals surface area contributed by atoms with Gasteiger partial charge >= 0.3 is 6.18 Å². The molecule has 1 aliphatic heterocycles. The van der Waals surface area contributed by atoms with Gasteiger partial charge in [0.1, 0.15) is 0 Å². The first-order valence-electron chi connectivity index (χ1n) is 8.90. The molecule has 2 heterocycles. The van der Waals surface area contributed by atoms with Gasteiger partial charge < -0.3 is 5.32 Å². The summed E-state index contributed by atoms with van der Waals surface area (Å²) >= 11 is 1.48. The normalized spacial score (nSPS) is 16.4. The van der Waals surface area contributed by atoms with E-state index in [1.54, 1.807) is 18.3 Å². The number of carbonyl (C=O) groups is 1. The third-order valence-corrected chi connectivity index (χ3v) is 5.63. The van der Waals surface area contributed by atoms with Crippen LogP contribution in [0.25, 0.3) is 0 Å².